The number of carboxylic acid groups (broad SMARTS) is 1. The molecule has 0 aromatic heterocycles. The van der Waals surface area contributed by atoms with Crippen LogP contribution < -0.4 is 16.1 Å². The molecule has 0 aliphatic rings. The van der Waals surface area contributed by atoms with E-state index in [1.54, 1.807) is 30.5 Å². The number of benzene rings is 2. The first-order chi connectivity index (χ1) is 12.4. The third-order valence-electron chi connectivity index (χ3n) is 3.03. The third kappa shape index (κ3) is 6.61. The quantitative estimate of drug-likeness (QED) is 0.316. The van der Waals surface area contributed by atoms with Gasteiger partial charge in [-0.15, -0.1) is 0 Å². The van der Waals surface area contributed by atoms with Gasteiger partial charge >= 0.3 is 5.97 Å². The number of hydrazone groups is 1. The fourth-order valence-electron chi connectivity index (χ4n) is 1.87. The first kappa shape index (κ1) is 19.5. The highest BCUT2D eigenvalue weighted by molar-refractivity contribution is 9.10. The number of aliphatic carboxylic acids is 1. The first-order valence-corrected chi connectivity index (χ1v) is 8.60. The molecular weight excluding hydrogens is 420 g/mol. The molecule has 0 bridgehead atoms. The number of nitrogens with one attached hydrogen (secondary N) is 3. The average Bonchev–Trinajstić information content (AvgIpc) is 2.60. The zero-order valence-electron chi connectivity index (χ0n) is 13.4. The number of carbonyl (C=O) groups excluding carboxylic acids is 1. The summed E-state index contributed by atoms with van der Waals surface area (Å²) < 4.78 is 0.953. The van der Waals surface area contributed by atoms with E-state index >= 15 is 0 Å². The van der Waals surface area contributed by atoms with Crippen molar-refractivity contribution in [3.63, 3.8) is 0 Å². The molecule has 2 rings (SSSR count). The molecule has 0 radical (unpaired) electrons. The van der Waals surface area contributed by atoms with Crippen molar-refractivity contribution in [2.24, 2.45) is 5.10 Å². The second-order valence-electron chi connectivity index (χ2n) is 5.03. The van der Waals surface area contributed by atoms with Crippen LogP contribution in [0.4, 0.5) is 5.69 Å². The summed E-state index contributed by atoms with van der Waals surface area (Å²) in [5, 5.41) is 18.1. The minimum atomic E-state index is -1.10. The van der Waals surface area contributed by atoms with Crippen LogP contribution in [0.1, 0.15) is 15.9 Å². The van der Waals surface area contributed by atoms with E-state index in [1.165, 1.54) is 0 Å². The number of carboxylic acids is 1. The minimum absolute atomic E-state index is 0.291. The zero-order chi connectivity index (χ0) is 18.9. The molecule has 0 heterocycles. The predicted octanol–water partition coefficient (Wildman–Crippen LogP) is 2.58. The van der Waals surface area contributed by atoms with E-state index in [4.69, 9.17) is 17.3 Å². The molecule has 9 heteroatoms. The first-order valence-electron chi connectivity index (χ1n) is 7.40. The molecule has 7 nitrogen and oxygen atoms in total. The summed E-state index contributed by atoms with van der Waals surface area (Å²) >= 11 is 8.52. The van der Waals surface area contributed by atoms with Gasteiger partial charge < -0.3 is 15.7 Å². The Hall–Kier alpha value is -2.78. The van der Waals surface area contributed by atoms with E-state index in [9.17, 15) is 9.59 Å². The summed E-state index contributed by atoms with van der Waals surface area (Å²) in [5.41, 5.74) is 4.62. The van der Waals surface area contributed by atoms with E-state index < -0.39 is 18.4 Å². The summed E-state index contributed by atoms with van der Waals surface area (Å²) in [7, 11) is 0. The number of hydrogen-bond acceptors (Lipinski definition) is 4. The van der Waals surface area contributed by atoms with Crippen molar-refractivity contribution in [1.82, 2.24) is 10.7 Å². The highest BCUT2D eigenvalue weighted by Gasteiger charge is 2.07. The maximum Gasteiger partial charge on any atom is 0.322 e. The lowest BCUT2D eigenvalue weighted by Crippen LogP contribution is -2.29. The van der Waals surface area contributed by atoms with Crippen LogP contribution in [0.25, 0.3) is 0 Å². The number of thiocarbonyl (C=S) groups is 1. The molecule has 0 saturated heterocycles. The Bertz CT molecular complexity index is 840. The van der Waals surface area contributed by atoms with Crippen molar-refractivity contribution in [3.05, 3.63) is 64.1 Å². The second kappa shape index (κ2) is 9.64. The minimum Gasteiger partial charge on any atom is -0.480 e. The van der Waals surface area contributed by atoms with Gasteiger partial charge in [0.25, 0.3) is 5.91 Å². The standard InChI is InChI=1S/C17H15BrN4O3S/c18-13-3-1-2-11(8-13)9-20-22-17(26)21-14-6-4-12(5-7-14)16(25)19-10-15(23)24/h1-9H,10H2,(H,19,25)(H,23,24)(H2,21,22,26)/b20-9+. The van der Waals surface area contributed by atoms with Gasteiger partial charge in [0.15, 0.2) is 5.11 Å². The number of hydrogen-bond donors (Lipinski definition) is 4. The summed E-state index contributed by atoms with van der Waals surface area (Å²) in [6, 6.07) is 14.1. The van der Waals surface area contributed by atoms with Gasteiger partial charge in [-0.2, -0.15) is 5.10 Å². The molecule has 0 saturated carbocycles. The second-order valence-corrected chi connectivity index (χ2v) is 6.36. The zero-order valence-corrected chi connectivity index (χ0v) is 15.8. The molecule has 0 aliphatic carbocycles. The molecule has 134 valence electrons. The van der Waals surface area contributed by atoms with E-state index in [1.807, 2.05) is 24.3 Å². The fourth-order valence-corrected chi connectivity index (χ4v) is 2.46. The molecule has 0 spiro atoms. The number of anilines is 1. The van der Waals surface area contributed by atoms with Crippen LogP contribution in [-0.2, 0) is 4.79 Å². The number of nitrogens with zero attached hydrogens (tertiary/aromatic N) is 1. The predicted molar refractivity (Wildman–Crippen MR) is 108 cm³/mol. The van der Waals surface area contributed by atoms with E-state index in [2.05, 4.69) is 37.1 Å². The number of rotatable bonds is 6. The normalized spacial score (nSPS) is 10.3. The monoisotopic (exact) mass is 434 g/mol. The number of amides is 1. The Morgan fingerprint density at radius 3 is 2.58 bits per heavy atom. The molecule has 2 aromatic rings. The van der Waals surface area contributed by atoms with Crippen molar-refractivity contribution in [2.75, 3.05) is 11.9 Å². The van der Waals surface area contributed by atoms with Crippen molar-refractivity contribution < 1.29 is 14.7 Å². The Balaban J connectivity index is 1.85. The van der Waals surface area contributed by atoms with E-state index in [0.29, 0.717) is 16.4 Å². The molecule has 26 heavy (non-hydrogen) atoms. The highest BCUT2D eigenvalue weighted by atomic mass is 79.9. The van der Waals surface area contributed by atoms with Crippen LogP contribution >= 0.6 is 28.1 Å². The molecule has 0 aliphatic heterocycles. The van der Waals surface area contributed by atoms with Crippen LogP contribution in [0, 0.1) is 0 Å². The van der Waals surface area contributed by atoms with E-state index in [0.717, 1.165) is 10.0 Å². The van der Waals surface area contributed by atoms with E-state index in [-0.39, 0.29) is 0 Å². The van der Waals surface area contributed by atoms with Crippen LogP contribution in [0.5, 0.6) is 0 Å². The Kier molecular flexibility index (Phi) is 7.24. The van der Waals surface area contributed by atoms with Gasteiger partial charge in [0, 0.05) is 15.7 Å². The number of carbonyl (C=O) groups is 2. The number of halogens is 1. The van der Waals surface area contributed by atoms with Crippen LogP contribution in [0.2, 0.25) is 0 Å². The maximum absolute atomic E-state index is 11.7. The van der Waals surface area contributed by atoms with Crippen LogP contribution in [-0.4, -0.2) is 34.9 Å². The van der Waals surface area contributed by atoms with Gasteiger partial charge in [0.05, 0.1) is 6.21 Å². The van der Waals surface area contributed by atoms with Gasteiger partial charge in [0.1, 0.15) is 6.54 Å². The molecule has 0 fully saturated rings. The van der Waals surface area contributed by atoms with Gasteiger partial charge in [-0.05, 0) is 54.2 Å². The van der Waals surface area contributed by atoms with Crippen molar-refractivity contribution in [3.8, 4) is 0 Å². The van der Waals surface area contributed by atoms with Gasteiger partial charge in [-0.25, -0.2) is 0 Å². The Morgan fingerprint density at radius 2 is 1.92 bits per heavy atom. The van der Waals surface area contributed by atoms with Crippen molar-refractivity contribution in [2.45, 2.75) is 0 Å². The van der Waals surface area contributed by atoms with Crippen LogP contribution in [0.15, 0.2) is 58.1 Å². The summed E-state index contributed by atoms with van der Waals surface area (Å²) in [6.45, 7) is -0.428. The maximum atomic E-state index is 11.7. The Morgan fingerprint density at radius 1 is 1.19 bits per heavy atom. The van der Waals surface area contributed by atoms with Gasteiger partial charge in [0.2, 0.25) is 0 Å². The van der Waals surface area contributed by atoms with Crippen LogP contribution in [0.3, 0.4) is 0 Å². The van der Waals surface area contributed by atoms with Crippen molar-refractivity contribution >= 4 is 57.0 Å². The lowest BCUT2D eigenvalue weighted by molar-refractivity contribution is -0.135. The molecule has 0 atom stereocenters. The lowest BCUT2D eigenvalue weighted by atomic mass is 10.2. The third-order valence-corrected chi connectivity index (χ3v) is 3.72. The topological polar surface area (TPSA) is 103 Å². The lowest BCUT2D eigenvalue weighted by Gasteiger charge is -2.08. The summed E-state index contributed by atoms with van der Waals surface area (Å²) in [6.07, 6.45) is 1.63. The summed E-state index contributed by atoms with van der Waals surface area (Å²) in [4.78, 5) is 22.2. The molecule has 4 N–H and O–H groups in total. The van der Waals surface area contributed by atoms with Gasteiger partial charge in [-0.3, -0.25) is 15.0 Å². The molecular formula is C17H15BrN4O3S. The Labute approximate surface area is 163 Å². The SMILES string of the molecule is O=C(O)CNC(=O)c1ccc(NC(=S)N/N=C/c2cccc(Br)c2)cc1. The largest absolute Gasteiger partial charge is 0.480 e. The fraction of sp³-hybridized carbons (Fsp3) is 0.0588. The van der Waals surface area contributed by atoms with Crippen molar-refractivity contribution in [1.29, 1.82) is 0 Å². The smallest absolute Gasteiger partial charge is 0.322 e. The highest BCUT2D eigenvalue weighted by Crippen LogP contribution is 2.10. The van der Waals surface area contributed by atoms with Gasteiger partial charge in [-0.1, -0.05) is 28.1 Å². The summed E-state index contributed by atoms with van der Waals surface area (Å²) in [5.74, 6) is -1.56. The average molecular weight is 435 g/mol. The molecule has 1 amide bonds. The molecule has 2 aromatic carbocycles. The molecule has 0 unspecified atom stereocenters.